The predicted molar refractivity (Wildman–Crippen MR) is 62.3 cm³/mol. The van der Waals surface area contributed by atoms with Gasteiger partial charge in [0.1, 0.15) is 0 Å². The number of hydrogen-bond donors (Lipinski definition) is 1. The monoisotopic (exact) mass is 199 g/mol. The average Bonchev–Trinajstić information content (AvgIpc) is 2.61. The first-order valence-corrected chi connectivity index (χ1v) is 5.37. The molecule has 0 saturated carbocycles. The SMILES string of the molecule is C1=Cc2ccccc2C2=CNSC2=C1. The number of nitrogens with one attached hydrogen (secondary N) is 1. The summed E-state index contributed by atoms with van der Waals surface area (Å²) in [6.45, 7) is 0. The number of rotatable bonds is 0. The highest BCUT2D eigenvalue weighted by atomic mass is 32.2. The second kappa shape index (κ2) is 3.07. The Hall–Kier alpha value is -1.41. The van der Waals surface area contributed by atoms with Crippen molar-refractivity contribution >= 4 is 23.6 Å². The van der Waals surface area contributed by atoms with E-state index in [2.05, 4.69) is 53.4 Å². The van der Waals surface area contributed by atoms with E-state index >= 15 is 0 Å². The summed E-state index contributed by atoms with van der Waals surface area (Å²) in [6, 6.07) is 8.47. The van der Waals surface area contributed by atoms with Crippen molar-refractivity contribution in [2.24, 2.45) is 0 Å². The molecule has 3 rings (SSSR count). The van der Waals surface area contributed by atoms with E-state index in [1.807, 2.05) is 0 Å². The summed E-state index contributed by atoms with van der Waals surface area (Å²) >= 11 is 1.67. The molecule has 2 aliphatic rings. The molecule has 1 N–H and O–H groups in total. The second-order valence-corrected chi connectivity index (χ2v) is 4.13. The van der Waals surface area contributed by atoms with Crippen molar-refractivity contribution in [3.63, 3.8) is 0 Å². The van der Waals surface area contributed by atoms with Crippen molar-refractivity contribution < 1.29 is 0 Å². The van der Waals surface area contributed by atoms with Crippen LogP contribution in [0.3, 0.4) is 0 Å². The molecule has 2 heteroatoms. The van der Waals surface area contributed by atoms with Crippen LogP contribution in [-0.4, -0.2) is 0 Å². The maximum Gasteiger partial charge on any atom is 0.0378 e. The largest absolute Gasteiger partial charge is 0.332 e. The van der Waals surface area contributed by atoms with Gasteiger partial charge < -0.3 is 4.72 Å². The highest BCUT2D eigenvalue weighted by molar-refractivity contribution is 8.02. The Morgan fingerprint density at radius 2 is 2.07 bits per heavy atom. The summed E-state index contributed by atoms with van der Waals surface area (Å²) in [4.78, 5) is 1.30. The van der Waals surface area contributed by atoms with E-state index < -0.39 is 0 Å². The fourth-order valence-electron chi connectivity index (χ4n) is 1.74. The molecule has 0 aromatic heterocycles. The maximum absolute atomic E-state index is 3.19. The van der Waals surface area contributed by atoms with Crippen LogP contribution in [0.4, 0.5) is 0 Å². The van der Waals surface area contributed by atoms with Crippen LogP contribution in [0.1, 0.15) is 11.1 Å². The molecule has 1 aromatic carbocycles. The first-order valence-electron chi connectivity index (χ1n) is 4.56. The van der Waals surface area contributed by atoms with Crippen molar-refractivity contribution in [1.82, 2.24) is 4.72 Å². The lowest BCUT2D eigenvalue weighted by Gasteiger charge is -2.04. The van der Waals surface area contributed by atoms with Gasteiger partial charge in [-0.25, -0.2) is 0 Å². The number of hydrogen-bond acceptors (Lipinski definition) is 2. The highest BCUT2D eigenvalue weighted by Crippen LogP contribution is 2.38. The Kier molecular flexibility index (Phi) is 1.74. The minimum absolute atomic E-state index is 1.29. The lowest BCUT2D eigenvalue weighted by Crippen LogP contribution is -1.85. The summed E-state index contributed by atoms with van der Waals surface area (Å²) < 4.78 is 3.19. The molecule has 0 amide bonds. The molecule has 68 valence electrons. The minimum atomic E-state index is 1.29. The van der Waals surface area contributed by atoms with Gasteiger partial charge >= 0.3 is 0 Å². The molecule has 14 heavy (non-hydrogen) atoms. The zero-order valence-corrected chi connectivity index (χ0v) is 8.34. The van der Waals surface area contributed by atoms with Crippen molar-refractivity contribution in [2.75, 3.05) is 0 Å². The fraction of sp³-hybridized carbons (Fsp3) is 0. The van der Waals surface area contributed by atoms with E-state index in [4.69, 9.17) is 0 Å². The van der Waals surface area contributed by atoms with Gasteiger partial charge in [-0.1, -0.05) is 36.4 Å². The van der Waals surface area contributed by atoms with Gasteiger partial charge in [-0.15, -0.1) is 0 Å². The van der Waals surface area contributed by atoms with Crippen molar-refractivity contribution in [2.45, 2.75) is 0 Å². The van der Waals surface area contributed by atoms with Crippen LogP contribution in [0.15, 0.2) is 47.5 Å². The van der Waals surface area contributed by atoms with Crippen molar-refractivity contribution in [1.29, 1.82) is 0 Å². The lowest BCUT2D eigenvalue weighted by molar-refractivity contribution is 1.45. The molecule has 0 bridgehead atoms. The molecule has 0 unspecified atom stereocenters. The van der Waals surface area contributed by atoms with Gasteiger partial charge in [0.2, 0.25) is 0 Å². The molecule has 1 heterocycles. The summed E-state index contributed by atoms with van der Waals surface area (Å²) in [5.74, 6) is 0. The van der Waals surface area contributed by atoms with E-state index in [0.717, 1.165) is 0 Å². The summed E-state index contributed by atoms with van der Waals surface area (Å²) in [5.41, 5.74) is 3.90. The summed E-state index contributed by atoms with van der Waals surface area (Å²) in [5, 5.41) is 0. The predicted octanol–water partition coefficient (Wildman–Crippen LogP) is 3.19. The Balaban J connectivity index is 2.26. The van der Waals surface area contributed by atoms with E-state index in [0.29, 0.717) is 0 Å². The van der Waals surface area contributed by atoms with Crippen LogP contribution in [-0.2, 0) is 0 Å². The van der Waals surface area contributed by atoms with Crippen LogP contribution < -0.4 is 4.72 Å². The molecule has 0 fully saturated rings. The normalized spacial score (nSPS) is 17.4. The minimum Gasteiger partial charge on any atom is -0.332 e. The quantitative estimate of drug-likeness (QED) is 0.644. The standard InChI is InChI=1S/C12H9NS/c1-2-6-10-9(4-1)5-3-7-12-11(10)8-13-14-12/h1-8,13H. The van der Waals surface area contributed by atoms with Crippen LogP contribution in [0.5, 0.6) is 0 Å². The van der Waals surface area contributed by atoms with Gasteiger partial charge in [-0.05, 0) is 29.2 Å². The van der Waals surface area contributed by atoms with Gasteiger partial charge in [0.15, 0.2) is 0 Å². The highest BCUT2D eigenvalue weighted by Gasteiger charge is 2.17. The molecule has 0 radical (unpaired) electrons. The Morgan fingerprint density at radius 1 is 1.14 bits per heavy atom. The molecular formula is C12H9NS. The molecule has 1 nitrogen and oxygen atoms in total. The average molecular weight is 199 g/mol. The Labute approximate surface area is 87.3 Å². The topological polar surface area (TPSA) is 12.0 Å². The van der Waals surface area contributed by atoms with Crippen LogP contribution in [0, 0.1) is 0 Å². The Morgan fingerprint density at radius 3 is 3.07 bits per heavy atom. The van der Waals surface area contributed by atoms with Crippen molar-refractivity contribution in [3.8, 4) is 0 Å². The van der Waals surface area contributed by atoms with Gasteiger partial charge in [0.25, 0.3) is 0 Å². The second-order valence-electron chi connectivity index (χ2n) is 3.26. The zero-order chi connectivity index (χ0) is 9.38. The molecule has 1 aliphatic heterocycles. The van der Waals surface area contributed by atoms with Gasteiger partial charge in [-0.3, -0.25) is 0 Å². The lowest BCUT2D eigenvalue weighted by atomic mass is 10.0. The summed E-state index contributed by atoms with van der Waals surface area (Å²) in [6.07, 6.45) is 8.48. The van der Waals surface area contributed by atoms with Gasteiger partial charge in [0, 0.05) is 16.7 Å². The van der Waals surface area contributed by atoms with E-state index in [9.17, 15) is 0 Å². The molecule has 1 aliphatic carbocycles. The van der Waals surface area contributed by atoms with Crippen LogP contribution in [0.25, 0.3) is 11.6 Å². The Bertz CT molecular complexity index is 469. The van der Waals surface area contributed by atoms with E-state index in [1.54, 1.807) is 11.9 Å². The smallest absolute Gasteiger partial charge is 0.0378 e. The van der Waals surface area contributed by atoms with Crippen LogP contribution >= 0.6 is 11.9 Å². The molecule has 1 aromatic rings. The van der Waals surface area contributed by atoms with Crippen LogP contribution in [0.2, 0.25) is 0 Å². The molecule has 0 atom stereocenters. The number of benzene rings is 1. The van der Waals surface area contributed by atoms with E-state index in [1.165, 1.54) is 21.6 Å². The van der Waals surface area contributed by atoms with E-state index in [-0.39, 0.29) is 0 Å². The molecular weight excluding hydrogens is 190 g/mol. The first-order chi connectivity index (χ1) is 6.95. The third-order valence-corrected chi connectivity index (χ3v) is 3.22. The fourth-order valence-corrected chi connectivity index (χ4v) is 2.47. The maximum atomic E-state index is 3.19. The third kappa shape index (κ3) is 1.11. The van der Waals surface area contributed by atoms with Crippen molar-refractivity contribution in [3.05, 3.63) is 58.6 Å². The zero-order valence-electron chi connectivity index (χ0n) is 7.53. The molecule has 0 saturated heterocycles. The first kappa shape index (κ1) is 7.94. The number of fused-ring (bicyclic) bond motifs is 3. The summed E-state index contributed by atoms with van der Waals surface area (Å²) in [7, 11) is 0. The van der Waals surface area contributed by atoms with Gasteiger partial charge in [-0.2, -0.15) is 0 Å². The molecule has 0 spiro atoms. The third-order valence-electron chi connectivity index (χ3n) is 2.41. The van der Waals surface area contributed by atoms with Gasteiger partial charge in [0.05, 0.1) is 0 Å². The number of allylic oxidation sites excluding steroid dienone is 3.